The summed E-state index contributed by atoms with van der Waals surface area (Å²) in [6, 6.07) is 0.890. The van der Waals surface area contributed by atoms with E-state index < -0.39 is 17.0 Å². The average Bonchev–Trinajstić information content (AvgIpc) is 2.33. The first-order valence-electron chi connectivity index (χ1n) is 6.75. The van der Waals surface area contributed by atoms with E-state index in [0.717, 1.165) is 19.0 Å². The molecule has 0 unspecified atom stereocenters. The molecule has 0 rings (SSSR count). The van der Waals surface area contributed by atoms with Crippen LogP contribution in [0.1, 0.15) is 19.8 Å². The van der Waals surface area contributed by atoms with Gasteiger partial charge in [-0.2, -0.15) is 0 Å². The van der Waals surface area contributed by atoms with E-state index in [2.05, 4.69) is 31.1 Å². The zero-order valence-electron chi connectivity index (χ0n) is 13.2. The van der Waals surface area contributed by atoms with Gasteiger partial charge in [0.2, 0.25) is 0 Å². The van der Waals surface area contributed by atoms with Crippen molar-refractivity contribution >= 4 is 17.0 Å². The van der Waals surface area contributed by atoms with Crippen molar-refractivity contribution in [3.8, 4) is 0 Å². The molecule has 0 aliphatic heterocycles. The van der Waals surface area contributed by atoms with Crippen molar-refractivity contribution in [2.45, 2.75) is 45.5 Å². The molecule has 0 aliphatic rings. The molecule has 0 aromatic heterocycles. The van der Waals surface area contributed by atoms with Gasteiger partial charge in [0.1, 0.15) is 8.24 Å². The van der Waals surface area contributed by atoms with Gasteiger partial charge in [-0.05, 0) is 25.9 Å². The Balaban J connectivity index is 4.28. The van der Waals surface area contributed by atoms with E-state index in [1.54, 1.807) is 21.3 Å². The molecule has 0 bridgehead atoms. The Hall–Kier alpha value is 0.274. The maximum atomic E-state index is 5.45. The van der Waals surface area contributed by atoms with Crippen LogP contribution in [0.15, 0.2) is 0 Å². The van der Waals surface area contributed by atoms with Gasteiger partial charge in [0.15, 0.2) is 0 Å². The first kappa shape index (κ1) is 18.3. The molecule has 0 heterocycles. The molecule has 0 spiro atoms. The molecule has 4 nitrogen and oxygen atoms in total. The van der Waals surface area contributed by atoms with Crippen LogP contribution in [-0.4, -0.2) is 56.0 Å². The molecule has 0 atom stereocenters. The molecule has 110 valence electrons. The topological polar surface area (TPSA) is 30.9 Å². The van der Waals surface area contributed by atoms with E-state index in [9.17, 15) is 0 Å². The summed E-state index contributed by atoms with van der Waals surface area (Å²) < 4.78 is 19.0. The zero-order valence-corrected chi connectivity index (χ0v) is 15.2. The van der Waals surface area contributed by atoms with E-state index in [-0.39, 0.29) is 0 Å². The third-order valence-corrected chi connectivity index (χ3v) is 8.46. The van der Waals surface area contributed by atoms with E-state index in [1.165, 1.54) is 13.0 Å². The summed E-state index contributed by atoms with van der Waals surface area (Å²) >= 11 is 0. The monoisotopic (exact) mass is 293 g/mol. The molecule has 0 aromatic carbocycles. The third kappa shape index (κ3) is 5.94. The highest BCUT2D eigenvalue weighted by molar-refractivity contribution is 6.73. The minimum atomic E-state index is -2.38. The Morgan fingerprint density at radius 1 is 0.889 bits per heavy atom. The van der Waals surface area contributed by atoms with Gasteiger partial charge in [0.05, 0.1) is 0 Å². The molecule has 6 heteroatoms. The SMILES string of the molecule is CCCN(CCC[Si](OC)(OC)OC)[Si](C)(C)C. The lowest BCUT2D eigenvalue weighted by Gasteiger charge is -2.34. The molecule has 0 aromatic rings. The summed E-state index contributed by atoms with van der Waals surface area (Å²) in [5.41, 5.74) is 0. The summed E-state index contributed by atoms with van der Waals surface area (Å²) in [4.78, 5) is 0. The van der Waals surface area contributed by atoms with Crippen molar-refractivity contribution in [2.75, 3.05) is 34.4 Å². The molecule has 0 aliphatic carbocycles. The second-order valence-electron chi connectivity index (χ2n) is 5.56. The predicted molar refractivity (Wildman–Crippen MR) is 81.4 cm³/mol. The minimum absolute atomic E-state index is 0.890. The quantitative estimate of drug-likeness (QED) is 0.580. The van der Waals surface area contributed by atoms with Crippen molar-refractivity contribution in [3.05, 3.63) is 0 Å². The van der Waals surface area contributed by atoms with Crippen molar-refractivity contribution in [1.29, 1.82) is 0 Å². The molecule has 0 amide bonds. The highest BCUT2D eigenvalue weighted by Crippen LogP contribution is 2.17. The van der Waals surface area contributed by atoms with Gasteiger partial charge in [-0.3, -0.25) is 0 Å². The smallest absolute Gasteiger partial charge is 0.377 e. The summed E-state index contributed by atoms with van der Waals surface area (Å²) in [5.74, 6) is 0. The Morgan fingerprint density at radius 3 is 1.72 bits per heavy atom. The molecular weight excluding hydrogens is 262 g/mol. The molecule has 18 heavy (non-hydrogen) atoms. The van der Waals surface area contributed by atoms with Crippen LogP contribution in [0.2, 0.25) is 25.7 Å². The largest absolute Gasteiger partial charge is 0.500 e. The number of hydrogen-bond acceptors (Lipinski definition) is 4. The molecular formula is C12H31NO3Si2. The van der Waals surface area contributed by atoms with Gasteiger partial charge >= 0.3 is 8.80 Å². The van der Waals surface area contributed by atoms with Crippen LogP contribution in [0, 0.1) is 0 Å². The first-order chi connectivity index (χ1) is 8.35. The first-order valence-corrected chi connectivity index (χ1v) is 12.1. The minimum Gasteiger partial charge on any atom is -0.377 e. The molecule has 0 saturated heterocycles. The Morgan fingerprint density at radius 2 is 1.39 bits per heavy atom. The van der Waals surface area contributed by atoms with E-state index >= 15 is 0 Å². The Kier molecular flexibility index (Phi) is 8.57. The van der Waals surface area contributed by atoms with Crippen LogP contribution in [-0.2, 0) is 13.3 Å². The normalized spacial score (nSPS) is 13.3. The van der Waals surface area contributed by atoms with Crippen LogP contribution in [0.4, 0.5) is 0 Å². The van der Waals surface area contributed by atoms with Crippen molar-refractivity contribution in [3.63, 3.8) is 0 Å². The summed E-state index contributed by atoms with van der Waals surface area (Å²) in [6.07, 6.45) is 2.29. The fraction of sp³-hybridized carbons (Fsp3) is 1.00. The van der Waals surface area contributed by atoms with Crippen molar-refractivity contribution in [2.24, 2.45) is 0 Å². The van der Waals surface area contributed by atoms with Gasteiger partial charge < -0.3 is 17.8 Å². The zero-order chi connectivity index (χ0) is 14.2. The summed E-state index contributed by atoms with van der Waals surface area (Å²) in [6.45, 7) is 11.8. The summed E-state index contributed by atoms with van der Waals surface area (Å²) in [5, 5.41) is 0. The van der Waals surface area contributed by atoms with Gasteiger partial charge in [-0.25, -0.2) is 0 Å². The average molecular weight is 294 g/mol. The predicted octanol–water partition coefficient (Wildman–Crippen LogP) is 2.80. The van der Waals surface area contributed by atoms with E-state index in [1.807, 2.05) is 0 Å². The second-order valence-corrected chi connectivity index (χ2v) is 13.6. The Labute approximate surface area is 115 Å². The lowest BCUT2D eigenvalue weighted by Crippen LogP contribution is -2.48. The van der Waals surface area contributed by atoms with Crippen LogP contribution >= 0.6 is 0 Å². The highest BCUT2D eigenvalue weighted by Gasteiger charge is 2.37. The molecule has 0 N–H and O–H groups in total. The van der Waals surface area contributed by atoms with E-state index in [4.69, 9.17) is 13.3 Å². The Bertz CT molecular complexity index is 210. The maximum absolute atomic E-state index is 5.45. The lowest BCUT2D eigenvalue weighted by molar-refractivity contribution is 0.122. The summed E-state index contributed by atoms with van der Waals surface area (Å²) in [7, 11) is 1.46. The van der Waals surface area contributed by atoms with Gasteiger partial charge in [-0.15, -0.1) is 0 Å². The third-order valence-electron chi connectivity index (χ3n) is 3.29. The van der Waals surface area contributed by atoms with E-state index in [0.29, 0.717) is 0 Å². The maximum Gasteiger partial charge on any atom is 0.500 e. The number of rotatable bonds is 10. The second kappa shape index (κ2) is 8.45. The van der Waals surface area contributed by atoms with Crippen LogP contribution < -0.4 is 0 Å². The van der Waals surface area contributed by atoms with Crippen molar-refractivity contribution in [1.82, 2.24) is 4.57 Å². The standard InChI is InChI=1S/C12H31NO3Si2/c1-8-10-13(17(5,6)7)11-9-12-18(14-2,15-3)16-4/h8-12H2,1-7H3. The fourth-order valence-corrected chi connectivity index (χ4v) is 5.52. The molecule has 0 radical (unpaired) electrons. The number of nitrogens with zero attached hydrogens (tertiary/aromatic N) is 1. The van der Waals surface area contributed by atoms with Gasteiger partial charge in [0, 0.05) is 27.4 Å². The number of hydrogen-bond donors (Lipinski definition) is 0. The van der Waals surface area contributed by atoms with Gasteiger partial charge in [0.25, 0.3) is 0 Å². The highest BCUT2D eigenvalue weighted by atomic mass is 28.4. The van der Waals surface area contributed by atoms with Crippen molar-refractivity contribution < 1.29 is 13.3 Å². The van der Waals surface area contributed by atoms with Gasteiger partial charge in [-0.1, -0.05) is 26.6 Å². The van der Waals surface area contributed by atoms with Crippen LogP contribution in [0.5, 0.6) is 0 Å². The van der Waals surface area contributed by atoms with Crippen LogP contribution in [0.25, 0.3) is 0 Å². The lowest BCUT2D eigenvalue weighted by atomic mass is 10.4. The fourth-order valence-electron chi connectivity index (χ4n) is 2.10. The molecule has 0 saturated carbocycles. The van der Waals surface area contributed by atoms with Crippen LogP contribution in [0.3, 0.4) is 0 Å². The molecule has 0 fully saturated rings.